The molecule has 0 spiro atoms. The van der Waals surface area contributed by atoms with E-state index in [9.17, 15) is 4.79 Å². The van der Waals surface area contributed by atoms with E-state index in [1.165, 1.54) is 29.6 Å². The van der Waals surface area contributed by atoms with Crippen molar-refractivity contribution in [2.75, 3.05) is 23.9 Å². The summed E-state index contributed by atoms with van der Waals surface area (Å²) in [6.45, 7) is 7.12. The minimum absolute atomic E-state index is 0.00769. The number of benzene rings is 2. The first-order valence-electron chi connectivity index (χ1n) is 13.0. The number of aryl methyl sites for hydroxylation is 2. The van der Waals surface area contributed by atoms with Crippen LogP contribution in [-0.2, 0) is 16.1 Å². The minimum atomic E-state index is -0.189. The lowest BCUT2D eigenvalue weighted by atomic mass is 9.96. The molecule has 8 heteroatoms. The third-order valence-electron chi connectivity index (χ3n) is 7.25. The molecule has 1 fully saturated rings. The van der Waals surface area contributed by atoms with Crippen LogP contribution >= 0.6 is 12.2 Å². The van der Waals surface area contributed by atoms with Crippen LogP contribution in [0.4, 0.5) is 11.4 Å². The summed E-state index contributed by atoms with van der Waals surface area (Å²) in [7, 11) is 1.51. The Morgan fingerprint density at radius 2 is 1.82 bits per heavy atom. The van der Waals surface area contributed by atoms with Gasteiger partial charge in [0.2, 0.25) is 5.91 Å². The summed E-state index contributed by atoms with van der Waals surface area (Å²) >= 11 is 5.94. The van der Waals surface area contributed by atoms with E-state index in [4.69, 9.17) is 21.9 Å². The lowest BCUT2D eigenvalue weighted by Gasteiger charge is -2.29. The van der Waals surface area contributed by atoms with Gasteiger partial charge in [0.15, 0.2) is 5.11 Å². The third-order valence-corrected chi connectivity index (χ3v) is 7.57. The number of rotatable bonds is 8. The van der Waals surface area contributed by atoms with Crippen molar-refractivity contribution in [3.05, 3.63) is 113 Å². The number of methoxy groups -OCH3 is 1. The maximum Gasteiger partial charge on any atom is 0.250 e. The smallest absolute Gasteiger partial charge is 0.250 e. The van der Waals surface area contributed by atoms with E-state index < -0.39 is 0 Å². The Kier molecular flexibility index (Phi) is 7.77. The summed E-state index contributed by atoms with van der Waals surface area (Å²) in [6.07, 6.45) is 1.82. The molecule has 2 unspecified atom stereocenters. The van der Waals surface area contributed by atoms with Crippen LogP contribution in [0.1, 0.15) is 45.9 Å². The molecule has 1 saturated heterocycles. The van der Waals surface area contributed by atoms with Crippen LogP contribution in [-0.4, -0.2) is 34.3 Å². The summed E-state index contributed by atoms with van der Waals surface area (Å²) in [5.41, 5.74) is 8.40. The molecule has 39 heavy (non-hydrogen) atoms. The van der Waals surface area contributed by atoms with Crippen molar-refractivity contribution < 1.29 is 9.53 Å². The monoisotopic (exact) mass is 539 g/mol. The lowest BCUT2D eigenvalue weighted by molar-refractivity contribution is -0.119. The highest BCUT2D eigenvalue weighted by atomic mass is 32.1. The van der Waals surface area contributed by atoms with Crippen molar-refractivity contribution >= 4 is 34.6 Å². The van der Waals surface area contributed by atoms with Gasteiger partial charge in [0.05, 0.1) is 17.8 Å². The predicted molar refractivity (Wildman–Crippen MR) is 159 cm³/mol. The van der Waals surface area contributed by atoms with Gasteiger partial charge >= 0.3 is 0 Å². The lowest BCUT2D eigenvalue weighted by Crippen LogP contribution is -2.29. The molecule has 7 nitrogen and oxygen atoms in total. The fourth-order valence-corrected chi connectivity index (χ4v) is 5.69. The normalized spacial score (nSPS) is 16.8. The number of ether oxygens (including phenoxy) is 1. The van der Waals surface area contributed by atoms with Crippen LogP contribution in [0.2, 0.25) is 0 Å². The number of carbonyl (C=O) groups is 1. The summed E-state index contributed by atoms with van der Waals surface area (Å²) in [5, 5.41) is 7.11. The van der Waals surface area contributed by atoms with Crippen molar-refractivity contribution in [3.63, 3.8) is 0 Å². The van der Waals surface area contributed by atoms with E-state index in [0.717, 1.165) is 29.2 Å². The first kappa shape index (κ1) is 26.6. The zero-order chi connectivity index (χ0) is 27.5. The summed E-state index contributed by atoms with van der Waals surface area (Å²) in [4.78, 5) is 19.0. The van der Waals surface area contributed by atoms with E-state index in [1.54, 1.807) is 0 Å². The van der Waals surface area contributed by atoms with Crippen LogP contribution < -0.4 is 15.5 Å². The molecule has 0 bridgehead atoms. The molecule has 0 aliphatic carbocycles. The molecule has 2 aromatic carbocycles. The average Bonchev–Trinajstić information content (AvgIpc) is 3.42. The van der Waals surface area contributed by atoms with E-state index >= 15 is 0 Å². The van der Waals surface area contributed by atoms with Crippen LogP contribution in [0, 0.1) is 20.8 Å². The molecule has 200 valence electrons. The molecule has 2 aromatic heterocycles. The van der Waals surface area contributed by atoms with Crippen molar-refractivity contribution in [3.8, 4) is 0 Å². The second-order valence-electron chi connectivity index (χ2n) is 9.88. The molecule has 2 atom stereocenters. The number of thiocarbonyl (C=S) groups is 1. The van der Waals surface area contributed by atoms with E-state index in [2.05, 4.69) is 70.3 Å². The molecular weight excluding hydrogens is 506 g/mol. The van der Waals surface area contributed by atoms with Gasteiger partial charge in [0.1, 0.15) is 6.61 Å². The molecule has 0 radical (unpaired) electrons. The number of aromatic nitrogens is 2. The fraction of sp³-hybridized carbons (Fsp3) is 0.258. The van der Waals surface area contributed by atoms with Gasteiger partial charge in [0, 0.05) is 42.6 Å². The zero-order valence-electron chi connectivity index (χ0n) is 22.6. The highest BCUT2D eigenvalue weighted by molar-refractivity contribution is 7.80. The molecule has 1 aliphatic heterocycles. The van der Waals surface area contributed by atoms with Crippen molar-refractivity contribution in [2.24, 2.45) is 0 Å². The number of nitrogens with zero attached hydrogens (tertiary/aromatic N) is 3. The number of anilines is 2. The maximum absolute atomic E-state index is 12.1. The maximum atomic E-state index is 12.1. The van der Waals surface area contributed by atoms with E-state index in [-0.39, 0.29) is 24.6 Å². The van der Waals surface area contributed by atoms with Crippen LogP contribution in [0.15, 0.2) is 79.0 Å². The topological polar surface area (TPSA) is 71.4 Å². The highest BCUT2D eigenvalue weighted by Crippen LogP contribution is 2.44. The van der Waals surface area contributed by atoms with Crippen LogP contribution in [0.5, 0.6) is 0 Å². The molecule has 2 N–H and O–H groups in total. The Hall–Kier alpha value is -4.01. The van der Waals surface area contributed by atoms with Gasteiger partial charge in [-0.1, -0.05) is 36.4 Å². The van der Waals surface area contributed by atoms with E-state index in [1.807, 2.05) is 49.5 Å². The quantitative estimate of drug-likeness (QED) is 0.283. The fourth-order valence-electron chi connectivity index (χ4n) is 5.34. The Morgan fingerprint density at radius 3 is 2.51 bits per heavy atom. The number of hydrogen-bond acceptors (Lipinski definition) is 4. The molecule has 1 amide bonds. The Balaban J connectivity index is 1.56. The molecule has 4 aromatic rings. The van der Waals surface area contributed by atoms with E-state index in [0.29, 0.717) is 5.11 Å². The largest absolute Gasteiger partial charge is 0.375 e. The second-order valence-corrected chi connectivity index (χ2v) is 10.3. The van der Waals surface area contributed by atoms with Gasteiger partial charge in [-0.3, -0.25) is 9.78 Å². The number of pyridine rings is 1. The van der Waals surface area contributed by atoms with Gasteiger partial charge in [0.25, 0.3) is 0 Å². The predicted octanol–water partition coefficient (Wildman–Crippen LogP) is 5.62. The SMILES string of the molecule is COCC(=O)Nc1ccc(N2C(=S)NC(c3ccccn3)C2c2cc(C)n(Cc3ccccc3)c2C)cc1C. The first-order valence-corrected chi connectivity index (χ1v) is 13.4. The Bertz CT molecular complexity index is 1490. The third kappa shape index (κ3) is 5.44. The molecule has 5 rings (SSSR count). The molecule has 3 heterocycles. The van der Waals surface area contributed by atoms with Crippen LogP contribution in [0.25, 0.3) is 0 Å². The van der Waals surface area contributed by atoms with Crippen molar-refractivity contribution in [2.45, 2.75) is 39.4 Å². The summed E-state index contributed by atoms with van der Waals surface area (Å²) in [6, 6.07) is 24.5. The van der Waals surface area contributed by atoms with Gasteiger partial charge < -0.3 is 24.8 Å². The zero-order valence-corrected chi connectivity index (χ0v) is 23.5. The van der Waals surface area contributed by atoms with Crippen molar-refractivity contribution in [1.29, 1.82) is 0 Å². The van der Waals surface area contributed by atoms with Gasteiger partial charge in [-0.05, 0) is 86.1 Å². The van der Waals surface area contributed by atoms with Crippen molar-refractivity contribution in [1.82, 2.24) is 14.9 Å². The first-order chi connectivity index (χ1) is 18.9. The molecule has 1 aliphatic rings. The second kappa shape index (κ2) is 11.4. The highest BCUT2D eigenvalue weighted by Gasteiger charge is 2.42. The van der Waals surface area contributed by atoms with Gasteiger partial charge in [-0.2, -0.15) is 0 Å². The van der Waals surface area contributed by atoms with Gasteiger partial charge in [-0.25, -0.2) is 0 Å². The van der Waals surface area contributed by atoms with Gasteiger partial charge in [-0.15, -0.1) is 0 Å². The Labute approximate surface area is 234 Å². The number of amides is 1. The molecular formula is C31H33N5O2S. The minimum Gasteiger partial charge on any atom is -0.375 e. The van der Waals surface area contributed by atoms with Crippen LogP contribution in [0.3, 0.4) is 0 Å². The Morgan fingerprint density at radius 1 is 1.05 bits per heavy atom. The standard InChI is InChI=1S/C31H33N5O2S/c1-20-16-24(13-14-26(20)33-28(37)19-38-4)36-30(29(34-31(36)39)27-12-8-9-15-32-27)25-17-21(2)35(22(25)3)18-23-10-6-5-7-11-23/h5-17,29-30H,18-19H2,1-4H3,(H,33,37)(H,34,39). The number of carbonyl (C=O) groups excluding carboxylic acids is 1. The molecule has 0 saturated carbocycles. The summed E-state index contributed by atoms with van der Waals surface area (Å²) in [5.74, 6) is -0.189. The number of nitrogens with one attached hydrogen (secondary N) is 2. The summed E-state index contributed by atoms with van der Waals surface area (Å²) < 4.78 is 7.32. The average molecular weight is 540 g/mol. The number of hydrogen-bond donors (Lipinski definition) is 2.